The fourth-order valence-corrected chi connectivity index (χ4v) is 3.50. The summed E-state index contributed by atoms with van der Waals surface area (Å²) < 4.78 is 54.1. The van der Waals surface area contributed by atoms with Crippen molar-refractivity contribution in [1.29, 1.82) is 0 Å². The summed E-state index contributed by atoms with van der Waals surface area (Å²) in [5.41, 5.74) is 0.967. The van der Waals surface area contributed by atoms with Gasteiger partial charge in [-0.25, -0.2) is 17.6 Å². The second kappa shape index (κ2) is 6.96. The van der Waals surface area contributed by atoms with Crippen molar-refractivity contribution in [3.63, 3.8) is 0 Å². The molecule has 2 aromatic rings. The van der Waals surface area contributed by atoms with Gasteiger partial charge in [0, 0.05) is 5.56 Å². The second-order valence-corrected chi connectivity index (χ2v) is 6.90. The number of rotatable bonds is 3. The SMILES string of the molecule is CC1CCC(Cc2ccc(-c3cc(F)c(F)c(F)c3)c(F)c2)CC1. The van der Waals surface area contributed by atoms with Crippen molar-refractivity contribution in [3.05, 3.63) is 59.2 Å². The number of halogens is 4. The van der Waals surface area contributed by atoms with Crippen LogP contribution >= 0.6 is 0 Å². The quantitative estimate of drug-likeness (QED) is 0.457. The molecule has 1 aliphatic rings. The van der Waals surface area contributed by atoms with Crippen molar-refractivity contribution >= 4 is 0 Å². The Hall–Kier alpha value is -1.84. The van der Waals surface area contributed by atoms with Crippen LogP contribution in [-0.4, -0.2) is 0 Å². The van der Waals surface area contributed by atoms with Crippen LogP contribution in [0.3, 0.4) is 0 Å². The average Bonchev–Trinajstić information content (AvgIpc) is 2.54. The molecular formula is C20H20F4. The van der Waals surface area contributed by atoms with Crippen molar-refractivity contribution in [2.45, 2.75) is 39.0 Å². The van der Waals surface area contributed by atoms with E-state index in [2.05, 4.69) is 6.92 Å². The van der Waals surface area contributed by atoms with Gasteiger partial charge in [0.05, 0.1) is 0 Å². The van der Waals surface area contributed by atoms with E-state index in [1.54, 1.807) is 6.07 Å². The van der Waals surface area contributed by atoms with E-state index in [9.17, 15) is 17.6 Å². The Morgan fingerprint density at radius 1 is 0.833 bits per heavy atom. The summed E-state index contributed by atoms with van der Waals surface area (Å²) in [6, 6.07) is 6.36. The van der Waals surface area contributed by atoms with Crippen LogP contribution in [0.2, 0.25) is 0 Å². The highest BCUT2D eigenvalue weighted by atomic mass is 19.2. The van der Waals surface area contributed by atoms with Crippen LogP contribution in [0, 0.1) is 35.1 Å². The van der Waals surface area contributed by atoms with Gasteiger partial charge >= 0.3 is 0 Å². The summed E-state index contributed by atoms with van der Waals surface area (Å²) >= 11 is 0. The Bertz CT molecular complexity index is 707. The molecule has 0 saturated heterocycles. The van der Waals surface area contributed by atoms with Gasteiger partial charge in [0.15, 0.2) is 17.5 Å². The first kappa shape index (κ1) is 17.0. The van der Waals surface area contributed by atoms with Crippen LogP contribution in [0.1, 0.15) is 38.2 Å². The summed E-state index contributed by atoms with van der Waals surface area (Å²) in [7, 11) is 0. The number of hydrogen-bond acceptors (Lipinski definition) is 0. The summed E-state index contributed by atoms with van der Waals surface area (Å²) in [6.07, 6.45) is 5.53. The third kappa shape index (κ3) is 3.63. The Morgan fingerprint density at radius 3 is 2.04 bits per heavy atom. The molecule has 0 radical (unpaired) electrons. The lowest BCUT2D eigenvalue weighted by Gasteiger charge is -2.26. The predicted molar refractivity (Wildman–Crippen MR) is 86.5 cm³/mol. The molecule has 2 aromatic carbocycles. The van der Waals surface area contributed by atoms with Gasteiger partial charge in [-0.1, -0.05) is 31.9 Å². The monoisotopic (exact) mass is 336 g/mol. The van der Waals surface area contributed by atoms with E-state index in [4.69, 9.17) is 0 Å². The molecule has 0 nitrogen and oxygen atoms in total. The Morgan fingerprint density at radius 2 is 1.46 bits per heavy atom. The standard InChI is InChI=1S/C20H20F4/c1-12-2-4-13(5-3-12)8-14-6-7-16(17(21)9-14)15-10-18(22)20(24)19(23)11-15/h6-7,9-13H,2-5,8H2,1H3. The first-order valence-corrected chi connectivity index (χ1v) is 8.37. The van der Waals surface area contributed by atoms with Gasteiger partial charge in [0.25, 0.3) is 0 Å². The molecule has 0 N–H and O–H groups in total. The Kier molecular flexibility index (Phi) is 4.93. The molecule has 0 aliphatic heterocycles. The van der Waals surface area contributed by atoms with Crippen LogP contribution in [-0.2, 0) is 6.42 Å². The minimum Gasteiger partial charge on any atom is -0.206 e. The van der Waals surface area contributed by atoms with E-state index in [0.717, 1.165) is 42.9 Å². The van der Waals surface area contributed by atoms with Gasteiger partial charge < -0.3 is 0 Å². The molecule has 1 saturated carbocycles. The smallest absolute Gasteiger partial charge is 0.194 e. The van der Waals surface area contributed by atoms with Crippen LogP contribution in [0.15, 0.2) is 30.3 Å². The molecule has 0 unspecified atom stereocenters. The fourth-order valence-electron chi connectivity index (χ4n) is 3.50. The zero-order valence-electron chi connectivity index (χ0n) is 13.6. The lowest BCUT2D eigenvalue weighted by Crippen LogP contribution is -2.14. The maximum Gasteiger partial charge on any atom is 0.194 e. The topological polar surface area (TPSA) is 0 Å². The summed E-state index contributed by atoms with van der Waals surface area (Å²) in [5.74, 6) is -3.38. The van der Waals surface area contributed by atoms with E-state index in [1.165, 1.54) is 25.0 Å². The molecule has 0 amide bonds. The van der Waals surface area contributed by atoms with Crippen molar-refractivity contribution < 1.29 is 17.6 Å². The second-order valence-electron chi connectivity index (χ2n) is 6.90. The van der Waals surface area contributed by atoms with E-state index < -0.39 is 23.3 Å². The first-order chi connectivity index (χ1) is 11.4. The average molecular weight is 336 g/mol. The van der Waals surface area contributed by atoms with Gasteiger partial charge in [0.2, 0.25) is 0 Å². The lowest BCUT2D eigenvalue weighted by molar-refractivity contribution is 0.289. The van der Waals surface area contributed by atoms with Crippen molar-refractivity contribution in [1.82, 2.24) is 0 Å². The third-order valence-corrected chi connectivity index (χ3v) is 4.99. The largest absolute Gasteiger partial charge is 0.206 e. The maximum atomic E-state index is 14.4. The molecule has 0 heterocycles. The maximum absolute atomic E-state index is 14.4. The molecule has 24 heavy (non-hydrogen) atoms. The van der Waals surface area contributed by atoms with Gasteiger partial charge in [-0.15, -0.1) is 0 Å². The molecular weight excluding hydrogens is 316 g/mol. The highest BCUT2D eigenvalue weighted by Gasteiger charge is 2.19. The molecule has 0 atom stereocenters. The first-order valence-electron chi connectivity index (χ1n) is 8.37. The minimum atomic E-state index is -1.54. The van der Waals surface area contributed by atoms with Gasteiger partial charge in [-0.3, -0.25) is 0 Å². The molecule has 128 valence electrons. The Balaban J connectivity index is 1.80. The molecule has 4 heteroatoms. The minimum absolute atomic E-state index is 0.00180. The van der Waals surface area contributed by atoms with Crippen LogP contribution in [0.25, 0.3) is 11.1 Å². The number of benzene rings is 2. The number of hydrogen-bond donors (Lipinski definition) is 0. The van der Waals surface area contributed by atoms with Crippen LogP contribution < -0.4 is 0 Å². The fraction of sp³-hybridized carbons (Fsp3) is 0.400. The summed E-state index contributed by atoms with van der Waals surface area (Å²) in [4.78, 5) is 0. The van der Waals surface area contributed by atoms with E-state index >= 15 is 0 Å². The van der Waals surface area contributed by atoms with Gasteiger partial charge in [0.1, 0.15) is 5.82 Å². The molecule has 0 bridgehead atoms. The highest BCUT2D eigenvalue weighted by Crippen LogP contribution is 2.32. The highest BCUT2D eigenvalue weighted by molar-refractivity contribution is 5.64. The van der Waals surface area contributed by atoms with E-state index in [1.807, 2.05) is 0 Å². The van der Waals surface area contributed by atoms with Gasteiger partial charge in [-0.2, -0.15) is 0 Å². The van der Waals surface area contributed by atoms with E-state index in [0.29, 0.717) is 5.92 Å². The summed E-state index contributed by atoms with van der Waals surface area (Å²) in [5, 5.41) is 0. The van der Waals surface area contributed by atoms with Crippen LogP contribution in [0.4, 0.5) is 17.6 Å². The zero-order chi connectivity index (χ0) is 17.3. The lowest BCUT2D eigenvalue weighted by atomic mass is 9.80. The van der Waals surface area contributed by atoms with Crippen molar-refractivity contribution in [3.8, 4) is 11.1 Å². The molecule has 1 aliphatic carbocycles. The normalized spacial score (nSPS) is 21.0. The molecule has 0 spiro atoms. The van der Waals surface area contributed by atoms with Crippen molar-refractivity contribution in [2.75, 3.05) is 0 Å². The van der Waals surface area contributed by atoms with Gasteiger partial charge in [-0.05, 0) is 60.4 Å². The van der Waals surface area contributed by atoms with Crippen molar-refractivity contribution in [2.24, 2.45) is 11.8 Å². The molecule has 0 aromatic heterocycles. The third-order valence-electron chi connectivity index (χ3n) is 4.99. The van der Waals surface area contributed by atoms with E-state index in [-0.39, 0.29) is 11.1 Å². The molecule has 1 fully saturated rings. The molecule has 3 rings (SSSR count). The van der Waals surface area contributed by atoms with Crippen LogP contribution in [0.5, 0.6) is 0 Å². The predicted octanol–water partition coefficient (Wildman–Crippen LogP) is 6.28. The summed E-state index contributed by atoms with van der Waals surface area (Å²) in [6.45, 7) is 2.26. The zero-order valence-corrected chi connectivity index (χ0v) is 13.6. The Labute approximate surface area is 139 Å².